The lowest BCUT2D eigenvalue weighted by molar-refractivity contribution is -0.120. The lowest BCUT2D eigenvalue weighted by Gasteiger charge is -2.16. The maximum absolute atomic E-state index is 12.2. The Hall–Kier alpha value is -4.32. The lowest BCUT2D eigenvalue weighted by Crippen LogP contribution is -2.27. The topological polar surface area (TPSA) is 120 Å². The van der Waals surface area contributed by atoms with Gasteiger partial charge in [0.15, 0.2) is 0 Å². The van der Waals surface area contributed by atoms with Crippen LogP contribution in [0.4, 0.5) is 4.79 Å². The SMILES string of the molecule is C/C=C1/NC(=O)C([C@@H]2CCc3cc(Oc4ccncc4)ccc32)S1.O=C1NC(=O)C([C@@H]2CCc3cc(Oc4ccncc4Cl)ccc32)S1. The molecule has 2 aromatic heterocycles. The number of hydrogen-bond donors (Lipinski definition) is 2. The Kier molecular flexibility index (Phi) is 9.43. The van der Waals surface area contributed by atoms with Gasteiger partial charge in [0.2, 0.25) is 11.8 Å². The second kappa shape index (κ2) is 14.0. The second-order valence-corrected chi connectivity index (χ2v) is 14.4. The van der Waals surface area contributed by atoms with Gasteiger partial charge >= 0.3 is 0 Å². The number of aromatic nitrogens is 2. The van der Waals surface area contributed by atoms with Crippen LogP contribution in [-0.4, -0.2) is 37.5 Å². The molecule has 2 aliphatic heterocycles. The number of fused-ring (bicyclic) bond motifs is 2. The molecule has 244 valence electrons. The molecule has 2 unspecified atom stereocenters. The molecule has 2 aromatic carbocycles. The summed E-state index contributed by atoms with van der Waals surface area (Å²) in [6.07, 6.45) is 12.3. The number of hydrogen-bond acceptors (Lipinski definition) is 9. The van der Waals surface area contributed by atoms with Crippen molar-refractivity contribution in [3.63, 3.8) is 0 Å². The summed E-state index contributed by atoms with van der Waals surface area (Å²) < 4.78 is 11.7. The van der Waals surface area contributed by atoms with Crippen LogP contribution in [0, 0.1) is 0 Å². The fourth-order valence-corrected chi connectivity index (χ4v) is 8.92. The van der Waals surface area contributed by atoms with E-state index in [0.29, 0.717) is 16.5 Å². The molecule has 0 spiro atoms. The lowest BCUT2D eigenvalue weighted by atomic mass is 9.97. The predicted molar refractivity (Wildman–Crippen MR) is 187 cm³/mol. The van der Waals surface area contributed by atoms with Crippen LogP contribution in [-0.2, 0) is 22.4 Å². The van der Waals surface area contributed by atoms with Gasteiger partial charge in [0.25, 0.3) is 5.24 Å². The first-order chi connectivity index (χ1) is 23.4. The maximum atomic E-state index is 12.2. The molecule has 2 N–H and O–H groups in total. The van der Waals surface area contributed by atoms with Crippen LogP contribution in [0.15, 0.2) is 90.5 Å². The quantitative estimate of drug-likeness (QED) is 0.207. The zero-order valence-corrected chi connectivity index (χ0v) is 28.2. The van der Waals surface area contributed by atoms with Crippen LogP contribution in [0.25, 0.3) is 0 Å². The van der Waals surface area contributed by atoms with E-state index in [1.54, 1.807) is 36.4 Å². The first-order valence-electron chi connectivity index (χ1n) is 15.6. The normalized spacial score (nSPS) is 23.2. The van der Waals surface area contributed by atoms with E-state index >= 15 is 0 Å². The number of imide groups is 1. The highest BCUT2D eigenvalue weighted by molar-refractivity contribution is 8.15. The third kappa shape index (κ3) is 6.80. The zero-order valence-electron chi connectivity index (χ0n) is 25.9. The van der Waals surface area contributed by atoms with Crippen LogP contribution in [0.3, 0.4) is 0 Å². The average Bonchev–Trinajstić information content (AvgIpc) is 3.87. The van der Waals surface area contributed by atoms with Gasteiger partial charge in [-0.15, -0.1) is 0 Å². The number of thioether (sulfide) groups is 2. The molecule has 9 nitrogen and oxygen atoms in total. The number of amides is 3. The first kappa shape index (κ1) is 32.2. The third-order valence-corrected chi connectivity index (χ3v) is 11.6. The van der Waals surface area contributed by atoms with Crippen molar-refractivity contribution in [1.82, 2.24) is 20.6 Å². The van der Waals surface area contributed by atoms with E-state index in [9.17, 15) is 14.4 Å². The molecular weight excluding hydrogens is 668 g/mol. The molecular formula is C36H31ClN4O5S2. The van der Waals surface area contributed by atoms with E-state index in [2.05, 4.69) is 32.7 Å². The molecule has 0 bridgehead atoms. The average molecular weight is 699 g/mol. The maximum Gasteiger partial charge on any atom is 0.286 e. The van der Waals surface area contributed by atoms with E-state index in [1.165, 1.54) is 17.3 Å². The summed E-state index contributed by atoms with van der Waals surface area (Å²) in [6.45, 7) is 1.95. The summed E-state index contributed by atoms with van der Waals surface area (Å²) in [5.41, 5.74) is 4.83. The molecule has 2 saturated heterocycles. The van der Waals surface area contributed by atoms with Crippen molar-refractivity contribution in [1.29, 1.82) is 0 Å². The third-order valence-electron chi connectivity index (χ3n) is 8.80. The molecule has 2 fully saturated rings. The molecule has 0 saturated carbocycles. The van der Waals surface area contributed by atoms with Crippen LogP contribution >= 0.6 is 35.1 Å². The van der Waals surface area contributed by atoms with Gasteiger partial charge in [-0.1, -0.05) is 53.3 Å². The number of ether oxygens (including phenoxy) is 2. The van der Waals surface area contributed by atoms with Gasteiger partial charge in [-0.05, 0) is 91.3 Å². The van der Waals surface area contributed by atoms with Gasteiger partial charge in [-0.3, -0.25) is 29.7 Å². The molecule has 4 aliphatic rings. The van der Waals surface area contributed by atoms with Gasteiger partial charge < -0.3 is 14.8 Å². The standard InChI is InChI=1S/C19H18N2O2S.C17H13ClN2O3S/c1-2-17-21-19(22)18(24-17)16-5-3-12-11-14(4-6-15(12)16)23-13-7-9-20-10-8-13;18-13-8-19-6-5-14(13)23-10-2-4-11-9(7-10)1-3-12(11)15-16(21)20-17(22)24-15/h2,4,6-11,16,18H,3,5H2,1H3,(H,21,22);2,4-8,12,15H,1,3H2,(H,20,21,22)/b17-2-;/t16-,18?;12-,15?/m11/s1. The van der Waals surface area contributed by atoms with Gasteiger partial charge in [-0.25, -0.2) is 0 Å². The number of allylic oxidation sites excluding steroid dienone is 1. The molecule has 48 heavy (non-hydrogen) atoms. The number of aryl methyl sites for hydroxylation is 2. The summed E-state index contributed by atoms with van der Waals surface area (Å²) in [4.78, 5) is 43.5. The van der Waals surface area contributed by atoms with Gasteiger partial charge in [-0.2, -0.15) is 0 Å². The first-order valence-corrected chi connectivity index (χ1v) is 17.8. The molecule has 2 aliphatic carbocycles. The summed E-state index contributed by atoms with van der Waals surface area (Å²) >= 11 is 8.80. The Morgan fingerprint density at radius 2 is 1.35 bits per heavy atom. The van der Waals surface area contributed by atoms with Crippen molar-refractivity contribution in [2.24, 2.45) is 0 Å². The molecule has 4 heterocycles. The largest absolute Gasteiger partial charge is 0.457 e. The molecule has 4 aromatic rings. The number of nitrogens with one attached hydrogen (secondary N) is 2. The molecule has 8 rings (SSSR count). The number of carbonyl (C=O) groups is 3. The van der Waals surface area contributed by atoms with Crippen molar-refractivity contribution in [3.05, 3.63) is 118 Å². The Morgan fingerprint density at radius 1 is 0.750 bits per heavy atom. The summed E-state index contributed by atoms with van der Waals surface area (Å²) in [6, 6.07) is 17.4. The highest BCUT2D eigenvalue weighted by Gasteiger charge is 2.41. The van der Waals surface area contributed by atoms with E-state index in [1.807, 2.05) is 49.4 Å². The van der Waals surface area contributed by atoms with Crippen LogP contribution in [0.1, 0.15) is 53.9 Å². The fraction of sp³-hybridized carbons (Fsp3) is 0.250. The summed E-state index contributed by atoms with van der Waals surface area (Å²) in [5, 5.41) is 6.13. The van der Waals surface area contributed by atoms with Crippen molar-refractivity contribution >= 4 is 52.2 Å². The smallest absolute Gasteiger partial charge is 0.286 e. The van der Waals surface area contributed by atoms with Crippen molar-refractivity contribution in [3.8, 4) is 23.0 Å². The van der Waals surface area contributed by atoms with Crippen molar-refractivity contribution < 1.29 is 23.9 Å². The number of pyridine rings is 2. The predicted octanol–water partition coefficient (Wildman–Crippen LogP) is 7.91. The highest BCUT2D eigenvalue weighted by Crippen LogP contribution is 2.46. The minimum Gasteiger partial charge on any atom is -0.457 e. The number of benzene rings is 2. The monoisotopic (exact) mass is 698 g/mol. The minimum atomic E-state index is -0.333. The number of rotatable bonds is 6. The Balaban J connectivity index is 0.000000152. The van der Waals surface area contributed by atoms with Gasteiger partial charge in [0, 0.05) is 42.7 Å². The molecule has 0 radical (unpaired) electrons. The highest BCUT2D eigenvalue weighted by atomic mass is 35.5. The van der Waals surface area contributed by atoms with E-state index in [-0.39, 0.29) is 39.4 Å². The van der Waals surface area contributed by atoms with E-state index in [4.69, 9.17) is 21.1 Å². The summed E-state index contributed by atoms with van der Waals surface area (Å²) in [5.74, 6) is 3.14. The minimum absolute atomic E-state index is 0.0237. The van der Waals surface area contributed by atoms with Crippen molar-refractivity contribution in [2.45, 2.75) is 54.9 Å². The van der Waals surface area contributed by atoms with Crippen molar-refractivity contribution in [2.75, 3.05) is 0 Å². The van der Waals surface area contributed by atoms with Gasteiger partial charge in [0.1, 0.15) is 33.3 Å². The number of halogens is 1. The Morgan fingerprint density at radius 3 is 1.94 bits per heavy atom. The Labute approximate surface area is 291 Å². The fourth-order valence-electron chi connectivity index (χ4n) is 6.58. The zero-order chi connectivity index (χ0) is 33.2. The van der Waals surface area contributed by atoms with Gasteiger partial charge in [0.05, 0.1) is 10.3 Å². The number of nitrogens with zero attached hydrogens (tertiary/aromatic N) is 2. The van der Waals surface area contributed by atoms with Crippen LogP contribution in [0.5, 0.6) is 23.0 Å². The van der Waals surface area contributed by atoms with Crippen LogP contribution < -0.4 is 20.1 Å². The second-order valence-electron chi connectivity index (χ2n) is 11.7. The molecule has 4 atom stereocenters. The number of carbonyl (C=O) groups excluding carboxylic acids is 3. The van der Waals surface area contributed by atoms with Crippen LogP contribution in [0.2, 0.25) is 5.02 Å². The molecule has 3 amide bonds. The van der Waals surface area contributed by atoms with E-state index in [0.717, 1.165) is 65.1 Å². The van der Waals surface area contributed by atoms with E-state index < -0.39 is 0 Å². The Bertz CT molecular complexity index is 1920. The summed E-state index contributed by atoms with van der Waals surface area (Å²) in [7, 11) is 0. The molecule has 12 heteroatoms.